The first-order chi connectivity index (χ1) is 10.3. The minimum absolute atomic E-state index is 0.0135. The maximum absolute atomic E-state index is 12.4. The predicted molar refractivity (Wildman–Crippen MR) is 83.0 cm³/mol. The number of nitrogens with one attached hydrogen (secondary N) is 1. The summed E-state index contributed by atoms with van der Waals surface area (Å²) in [6, 6.07) is 10.7. The van der Waals surface area contributed by atoms with E-state index in [1.807, 2.05) is 12.1 Å². The van der Waals surface area contributed by atoms with Gasteiger partial charge in [-0.2, -0.15) is 5.26 Å². The van der Waals surface area contributed by atoms with Gasteiger partial charge in [-0.3, -0.25) is 9.69 Å². The third-order valence-corrected chi connectivity index (χ3v) is 5.49. The van der Waals surface area contributed by atoms with E-state index in [0.29, 0.717) is 6.54 Å². The molecule has 1 atom stereocenters. The van der Waals surface area contributed by atoms with Crippen molar-refractivity contribution in [2.75, 3.05) is 19.6 Å². The first-order valence-electron chi connectivity index (χ1n) is 7.40. The van der Waals surface area contributed by atoms with Crippen LogP contribution in [0.3, 0.4) is 0 Å². The van der Waals surface area contributed by atoms with Crippen LogP contribution >= 0.6 is 11.8 Å². The van der Waals surface area contributed by atoms with Crippen molar-refractivity contribution in [1.29, 1.82) is 5.26 Å². The van der Waals surface area contributed by atoms with Crippen LogP contribution in [0.5, 0.6) is 0 Å². The Balaban J connectivity index is 1.49. The van der Waals surface area contributed by atoms with Gasteiger partial charge in [-0.15, -0.1) is 11.8 Å². The topological polar surface area (TPSA) is 56.1 Å². The van der Waals surface area contributed by atoms with Gasteiger partial charge in [-0.05, 0) is 30.9 Å². The first kappa shape index (κ1) is 14.4. The van der Waals surface area contributed by atoms with Crippen molar-refractivity contribution in [3.8, 4) is 6.07 Å². The molecule has 21 heavy (non-hydrogen) atoms. The van der Waals surface area contributed by atoms with Crippen molar-refractivity contribution in [3.05, 3.63) is 29.8 Å². The Hall–Kier alpha value is -1.51. The van der Waals surface area contributed by atoms with Crippen LogP contribution in [0.15, 0.2) is 29.2 Å². The lowest BCUT2D eigenvalue weighted by atomic mass is 10.0. The van der Waals surface area contributed by atoms with Gasteiger partial charge in [0.2, 0.25) is 5.91 Å². The minimum atomic E-state index is 0.0135. The fraction of sp³-hybridized carbons (Fsp3) is 0.500. The molecule has 5 heteroatoms. The molecule has 1 aromatic rings. The molecule has 110 valence electrons. The molecule has 1 aromatic carbocycles. The number of amides is 1. The number of thioether (sulfide) groups is 1. The highest BCUT2D eigenvalue weighted by molar-refractivity contribution is 8.01. The number of carbonyl (C=O) groups is 1. The van der Waals surface area contributed by atoms with Gasteiger partial charge in [-0.25, -0.2) is 0 Å². The van der Waals surface area contributed by atoms with Gasteiger partial charge in [0, 0.05) is 24.0 Å². The molecule has 2 aliphatic heterocycles. The van der Waals surface area contributed by atoms with Crippen molar-refractivity contribution in [2.24, 2.45) is 0 Å². The van der Waals surface area contributed by atoms with Crippen LogP contribution < -0.4 is 5.32 Å². The lowest BCUT2D eigenvalue weighted by Crippen LogP contribution is -2.47. The minimum Gasteiger partial charge on any atom is -0.352 e. The Kier molecular flexibility index (Phi) is 4.47. The second-order valence-corrected chi connectivity index (χ2v) is 6.88. The Morgan fingerprint density at radius 3 is 2.86 bits per heavy atom. The van der Waals surface area contributed by atoms with Crippen LogP contribution in [-0.4, -0.2) is 41.7 Å². The number of likely N-dealkylation sites (tertiary alicyclic amines) is 1. The number of rotatable bonds is 3. The van der Waals surface area contributed by atoms with Crippen molar-refractivity contribution in [1.82, 2.24) is 10.2 Å². The van der Waals surface area contributed by atoms with E-state index in [2.05, 4.69) is 28.4 Å². The molecule has 2 heterocycles. The van der Waals surface area contributed by atoms with Gasteiger partial charge < -0.3 is 5.32 Å². The van der Waals surface area contributed by atoms with E-state index in [0.717, 1.165) is 32.4 Å². The van der Waals surface area contributed by atoms with Crippen LogP contribution in [0, 0.1) is 11.3 Å². The highest BCUT2D eigenvalue weighted by Gasteiger charge is 2.30. The summed E-state index contributed by atoms with van der Waals surface area (Å²) in [4.78, 5) is 15.8. The number of benzene rings is 1. The third-order valence-electron chi connectivity index (χ3n) is 4.17. The average Bonchev–Trinajstić information content (AvgIpc) is 2.94. The maximum Gasteiger partial charge on any atom is 0.234 e. The van der Waals surface area contributed by atoms with E-state index in [9.17, 15) is 4.79 Å². The number of hydrogen-bond acceptors (Lipinski definition) is 4. The second kappa shape index (κ2) is 6.50. The van der Waals surface area contributed by atoms with E-state index in [-0.39, 0.29) is 17.2 Å². The highest BCUT2D eigenvalue weighted by Crippen LogP contribution is 2.36. The van der Waals surface area contributed by atoms with Crippen LogP contribution in [0.4, 0.5) is 0 Å². The molecule has 1 fully saturated rings. The van der Waals surface area contributed by atoms with Crippen molar-refractivity contribution in [2.45, 2.75) is 35.4 Å². The molecule has 3 rings (SSSR count). The molecule has 2 aliphatic rings. The number of piperidine rings is 1. The van der Waals surface area contributed by atoms with Crippen LogP contribution in [0.2, 0.25) is 0 Å². The van der Waals surface area contributed by atoms with Crippen molar-refractivity contribution < 1.29 is 4.79 Å². The van der Waals surface area contributed by atoms with Crippen LogP contribution in [0.25, 0.3) is 0 Å². The van der Waals surface area contributed by atoms with Crippen molar-refractivity contribution >= 4 is 17.7 Å². The fourth-order valence-electron chi connectivity index (χ4n) is 2.96. The number of nitriles is 1. The summed E-state index contributed by atoms with van der Waals surface area (Å²) < 4.78 is 0. The molecule has 4 nitrogen and oxygen atoms in total. The van der Waals surface area contributed by atoms with Gasteiger partial charge >= 0.3 is 0 Å². The average molecular weight is 301 g/mol. The quantitative estimate of drug-likeness (QED) is 0.865. The standard InChI is InChI=1S/C16H19N3OS/c17-7-10-19-8-5-13(6-9-19)18-16(20)15-11-12-3-1-2-4-14(12)21-15/h1-4,13,15H,5-6,8-11H2,(H,18,20). The van der Waals surface area contributed by atoms with Gasteiger partial charge in [-0.1, -0.05) is 18.2 Å². The normalized spacial score (nSPS) is 22.5. The van der Waals surface area contributed by atoms with Crippen LogP contribution in [0.1, 0.15) is 18.4 Å². The Morgan fingerprint density at radius 2 is 2.14 bits per heavy atom. The van der Waals surface area contributed by atoms with E-state index in [1.54, 1.807) is 11.8 Å². The molecule has 0 aliphatic carbocycles. The van der Waals surface area contributed by atoms with Gasteiger partial charge in [0.15, 0.2) is 0 Å². The van der Waals surface area contributed by atoms with Gasteiger partial charge in [0.05, 0.1) is 17.9 Å². The van der Waals surface area contributed by atoms with Crippen LogP contribution in [-0.2, 0) is 11.2 Å². The molecule has 1 N–H and O–H groups in total. The smallest absolute Gasteiger partial charge is 0.234 e. The molecule has 1 unspecified atom stereocenters. The second-order valence-electron chi connectivity index (χ2n) is 5.64. The third kappa shape index (κ3) is 3.39. The number of hydrogen-bond donors (Lipinski definition) is 1. The summed E-state index contributed by atoms with van der Waals surface area (Å²) in [6.07, 6.45) is 2.72. The Labute approximate surface area is 129 Å². The molecule has 0 radical (unpaired) electrons. The maximum atomic E-state index is 12.4. The van der Waals surface area contributed by atoms with Crippen molar-refractivity contribution in [3.63, 3.8) is 0 Å². The number of nitrogens with zero attached hydrogens (tertiary/aromatic N) is 2. The number of fused-ring (bicyclic) bond motifs is 1. The summed E-state index contributed by atoms with van der Waals surface area (Å²) in [5.41, 5.74) is 1.28. The zero-order valence-electron chi connectivity index (χ0n) is 11.9. The number of carbonyl (C=O) groups excluding carboxylic acids is 1. The first-order valence-corrected chi connectivity index (χ1v) is 8.28. The summed E-state index contributed by atoms with van der Waals surface area (Å²) in [6.45, 7) is 2.29. The summed E-state index contributed by atoms with van der Waals surface area (Å²) in [7, 11) is 0. The van der Waals surface area contributed by atoms with Gasteiger partial charge in [0.25, 0.3) is 0 Å². The Morgan fingerprint density at radius 1 is 1.38 bits per heavy atom. The fourth-order valence-corrected chi connectivity index (χ4v) is 4.16. The molecular formula is C16H19N3OS. The molecule has 0 saturated carbocycles. The van der Waals surface area contributed by atoms with E-state index in [1.165, 1.54) is 10.5 Å². The SMILES string of the molecule is N#CCN1CCC(NC(=O)C2Cc3ccccc3S2)CC1. The van der Waals surface area contributed by atoms with E-state index >= 15 is 0 Å². The monoisotopic (exact) mass is 301 g/mol. The lowest BCUT2D eigenvalue weighted by molar-refractivity contribution is -0.121. The summed E-state index contributed by atoms with van der Waals surface area (Å²) >= 11 is 1.68. The lowest BCUT2D eigenvalue weighted by Gasteiger charge is -2.31. The molecular weight excluding hydrogens is 282 g/mol. The molecule has 1 amide bonds. The van der Waals surface area contributed by atoms with E-state index < -0.39 is 0 Å². The predicted octanol–water partition coefficient (Wildman–Crippen LogP) is 1.81. The molecule has 1 saturated heterocycles. The van der Waals surface area contributed by atoms with Gasteiger partial charge in [0.1, 0.15) is 0 Å². The highest BCUT2D eigenvalue weighted by atomic mass is 32.2. The summed E-state index contributed by atoms with van der Waals surface area (Å²) in [5, 5.41) is 11.9. The molecule has 0 aromatic heterocycles. The van der Waals surface area contributed by atoms with E-state index in [4.69, 9.17) is 5.26 Å². The largest absolute Gasteiger partial charge is 0.352 e. The zero-order valence-corrected chi connectivity index (χ0v) is 12.7. The zero-order chi connectivity index (χ0) is 14.7. The molecule has 0 bridgehead atoms. The Bertz CT molecular complexity index is 536. The summed E-state index contributed by atoms with van der Waals surface area (Å²) in [5.74, 6) is 0.162. The molecule has 0 spiro atoms.